The maximum Gasteiger partial charge on any atom is 0.226 e. The van der Waals surface area contributed by atoms with Gasteiger partial charge in [-0.05, 0) is 49.7 Å². The Kier molecular flexibility index (Phi) is 5.02. The summed E-state index contributed by atoms with van der Waals surface area (Å²) in [7, 11) is 0. The number of fused-ring (bicyclic) bond motifs is 2. The highest BCUT2D eigenvalue weighted by Crippen LogP contribution is 2.32. The Morgan fingerprint density at radius 1 is 1.17 bits per heavy atom. The SMILES string of the molecule is Cc1ccccc1Cc1noc(CC2CC3CCC(C2)N3)n1.Cl. The molecule has 23 heavy (non-hydrogen) atoms. The van der Waals surface area contributed by atoms with Crippen LogP contribution in [0.15, 0.2) is 28.8 Å². The van der Waals surface area contributed by atoms with Crippen molar-refractivity contribution in [1.29, 1.82) is 0 Å². The van der Waals surface area contributed by atoms with Gasteiger partial charge in [0.15, 0.2) is 5.82 Å². The Morgan fingerprint density at radius 2 is 1.91 bits per heavy atom. The summed E-state index contributed by atoms with van der Waals surface area (Å²) >= 11 is 0. The van der Waals surface area contributed by atoms with Gasteiger partial charge in [0, 0.05) is 24.9 Å². The fraction of sp³-hybridized carbons (Fsp3) is 0.556. The molecule has 4 rings (SSSR count). The Bertz CT molecular complexity index is 645. The van der Waals surface area contributed by atoms with Crippen molar-refractivity contribution in [3.05, 3.63) is 47.1 Å². The van der Waals surface area contributed by atoms with E-state index in [2.05, 4.69) is 46.6 Å². The third kappa shape index (κ3) is 3.75. The lowest BCUT2D eigenvalue weighted by Crippen LogP contribution is -2.38. The van der Waals surface area contributed by atoms with Gasteiger partial charge in [0.1, 0.15) is 0 Å². The summed E-state index contributed by atoms with van der Waals surface area (Å²) < 4.78 is 5.49. The van der Waals surface area contributed by atoms with Crippen LogP contribution in [0.5, 0.6) is 0 Å². The first kappa shape index (κ1) is 16.5. The summed E-state index contributed by atoms with van der Waals surface area (Å²) in [6.07, 6.45) is 6.88. The van der Waals surface area contributed by atoms with Gasteiger partial charge in [-0.3, -0.25) is 0 Å². The number of nitrogens with one attached hydrogen (secondary N) is 1. The van der Waals surface area contributed by atoms with E-state index in [1.807, 2.05) is 0 Å². The maximum atomic E-state index is 5.49. The van der Waals surface area contributed by atoms with Crippen LogP contribution in [0.1, 0.15) is 48.5 Å². The molecule has 0 amide bonds. The van der Waals surface area contributed by atoms with Crippen LogP contribution >= 0.6 is 12.4 Å². The molecule has 2 aromatic rings. The zero-order valence-corrected chi connectivity index (χ0v) is 14.3. The number of nitrogens with zero attached hydrogens (tertiary/aromatic N) is 2. The molecule has 2 fully saturated rings. The van der Waals surface area contributed by atoms with E-state index in [1.165, 1.54) is 36.8 Å². The van der Waals surface area contributed by atoms with Crippen LogP contribution in [0.2, 0.25) is 0 Å². The number of rotatable bonds is 4. The molecule has 2 aliphatic rings. The average Bonchev–Trinajstić information content (AvgIpc) is 3.08. The molecule has 1 aromatic carbocycles. The van der Waals surface area contributed by atoms with E-state index >= 15 is 0 Å². The van der Waals surface area contributed by atoms with Crippen molar-refractivity contribution < 1.29 is 4.52 Å². The Hall–Kier alpha value is -1.39. The first-order valence-corrected chi connectivity index (χ1v) is 8.38. The number of piperidine rings is 1. The molecular formula is C18H24ClN3O. The molecule has 0 aliphatic carbocycles. The topological polar surface area (TPSA) is 51.0 Å². The second-order valence-electron chi connectivity index (χ2n) is 6.89. The van der Waals surface area contributed by atoms with Gasteiger partial charge in [-0.25, -0.2) is 0 Å². The van der Waals surface area contributed by atoms with Crippen molar-refractivity contribution in [2.75, 3.05) is 0 Å². The molecule has 2 saturated heterocycles. The highest BCUT2D eigenvalue weighted by atomic mass is 35.5. The zero-order valence-electron chi connectivity index (χ0n) is 13.5. The van der Waals surface area contributed by atoms with Gasteiger partial charge in [0.25, 0.3) is 0 Å². The molecule has 2 atom stereocenters. The summed E-state index contributed by atoms with van der Waals surface area (Å²) in [6, 6.07) is 9.83. The maximum absolute atomic E-state index is 5.49. The second-order valence-corrected chi connectivity index (χ2v) is 6.89. The van der Waals surface area contributed by atoms with Crippen molar-refractivity contribution >= 4 is 12.4 Å². The first-order chi connectivity index (χ1) is 10.8. The average molecular weight is 334 g/mol. The molecule has 124 valence electrons. The lowest BCUT2D eigenvalue weighted by molar-refractivity contribution is 0.270. The van der Waals surface area contributed by atoms with E-state index in [9.17, 15) is 0 Å². The number of benzene rings is 1. The smallest absolute Gasteiger partial charge is 0.226 e. The van der Waals surface area contributed by atoms with Gasteiger partial charge < -0.3 is 9.84 Å². The quantitative estimate of drug-likeness (QED) is 0.931. The normalized spacial score (nSPS) is 26.0. The number of hydrogen-bond acceptors (Lipinski definition) is 4. The molecule has 1 N–H and O–H groups in total. The molecule has 0 saturated carbocycles. The summed E-state index contributed by atoms with van der Waals surface area (Å²) in [5, 5.41) is 7.85. The van der Waals surface area contributed by atoms with Gasteiger partial charge in [0.05, 0.1) is 0 Å². The monoisotopic (exact) mass is 333 g/mol. The minimum absolute atomic E-state index is 0. The van der Waals surface area contributed by atoms with Gasteiger partial charge in [0.2, 0.25) is 5.89 Å². The van der Waals surface area contributed by atoms with E-state index in [4.69, 9.17) is 4.52 Å². The number of hydrogen-bond donors (Lipinski definition) is 1. The van der Waals surface area contributed by atoms with E-state index in [-0.39, 0.29) is 12.4 Å². The van der Waals surface area contributed by atoms with Crippen LogP contribution in [0, 0.1) is 12.8 Å². The standard InChI is InChI=1S/C18H23N3O.ClH/c1-12-4-2-3-5-14(12)11-17-20-18(22-21-17)10-13-8-15-6-7-16(9-13)19-15;/h2-5,13,15-16,19H,6-11H2,1H3;1H. The molecule has 5 heteroatoms. The molecule has 3 heterocycles. The van der Waals surface area contributed by atoms with E-state index in [0.717, 1.165) is 36.6 Å². The molecule has 2 bridgehead atoms. The Morgan fingerprint density at radius 3 is 2.65 bits per heavy atom. The van der Waals surface area contributed by atoms with Gasteiger partial charge >= 0.3 is 0 Å². The molecule has 2 unspecified atom stereocenters. The van der Waals surface area contributed by atoms with Gasteiger partial charge in [-0.2, -0.15) is 4.98 Å². The third-order valence-electron chi connectivity index (χ3n) is 5.15. The lowest BCUT2D eigenvalue weighted by atomic mass is 9.90. The van der Waals surface area contributed by atoms with Crippen LogP contribution in [0.25, 0.3) is 0 Å². The van der Waals surface area contributed by atoms with Gasteiger partial charge in [-0.15, -0.1) is 12.4 Å². The summed E-state index contributed by atoms with van der Waals surface area (Å²) in [6.45, 7) is 2.13. The molecule has 4 nitrogen and oxygen atoms in total. The Labute approximate surface area is 143 Å². The predicted molar refractivity (Wildman–Crippen MR) is 91.9 cm³/mol. The van der Waals surface area contributed by atoms with Crippen molar-refractivity contribution in [3.8, 4) is 0 Å². The molecule has 0 spiro atoms. The zero-order chi connectivity index (χ0) is 14.9. The largest absolute Gasteiger partial charge is 0.339 e. The number of halogens is 1. The fourth-order valence-corrected chi connectivity index (χ4v) is 4.01. The summed E-state index contributed by atoms with van der Waals surface area (Å²) in [5.74, 6) is 2.32. The van der Waals surface area contributed by atoms with Crippen LogP contribution in [0.3, 0.4) is 0 Å². The lowest BCUT2D eigenvalue weighted by Gasteiger charge is -2.28. The van der Waals surface area contributed by atoms with E-state index in [1.54, 1.807) is 0 Å². The number of aromatic nitrogens is 2. The fourth-order valence-electron chi connectivity index (χ4n) is 4.01. The highest BCUT2D eigenvalue weighted by molar-refractivity contribution is 5.85. The molecule has 1 aromatic heterocycles. The van der Waals surface area contributed by atoms with E-state index in [0.29, 0.717) is 5.92 Å². The summed E-state index contributed by atoms with van der Waals surface area (Å²) in [4.78, 5) is 4.61. The van der Waals surface area contributed by atoms with Crippen molar-refractivity contribution in [2.24, 2.45) is 5.92 Å². The van der Waals surface area contributed by atoms with Crippen molar-refractivity contribution in [1.82, 2.24) is 15.5 Å². The molecule has 2 aliphatic heterocycles. The number of aryl methyl sites for hydroxylation is 1. The van der Waals surface area contributed by atoms with Crippen LogP contribution < -0.4 is 5.32 Å². The van der Waals surface area contributed by atoms with E-state index < -0.39 is 0 Å². The minimum Gasteiger partial charge on any atom is -0.339 e. The third-order valence-corrected chi connectivity index (χ3v) is 5.15. The van der Waals surface area contributed by atoms with Crippen LogP contribution in [0.4, 0.5) is 0 Å². The molecule has 0 radical (unpaired) electrons. The Balaban J connectivity index is 0.00000156. The van der Waals surface area contributed by atoms with Crippen molar-refractivity contribution in [2.45, 2.75) is 57.5 Å². The van der Waals surface area contributed by atoms with Crippen LogP contribution in [-0.4, -0.2) is 22.2 Å². The minimum atomic E-state index is 0. The predicted octanol–water partition coefficient (Wildman–Crippen LogP) is 3.46. The first-order valence-electron chi connectivity index (χ1n) is 8.38. The second kappa shape index (κ2) is 7.02. The summed E-state index contributed by atoms with van der Waals surface area (Å²) in [5.41, 5.74) is 2.55. The van der Waals surface area contributed by atoms with Crippen LogP contribution in [-0.2, 0) is 12.8 Å². The molecular weight excluding hydrogens is 310 g/mol. The van der Waals surface area contributed by atoms with Crippen molar-refractivity contribution in [3.63, 3.8) is 0 Å². The highest BCUT2D eigenvalue weighted by Gasteiger charge is 2.34. The van der Waals surface area contributed by atoms with Gasteiger partial charge in [-0.1, -0.05) is 29.4 Å².